The molecular weight excluding hydrogens is 234 g/mol. The third-order valence-corrected chi connectivity index (χ3v) is 3.35. The van der Waals surface area contributed by atoms with Crippen LogP contribution in [-0.2, 0) is 13.0 Å². The molecule has 0 spiro atoms. The molecule has 0 radical (unpaired) electrons. The summed E-state index contributed by atoms with van der Waals surface area (Å²) in [5, 5.41) is 7.10. The van der Waals surface area contributed by atoms with Crippen LogP contribution < -0.4 is 4.74 Å². The number of para-hydroxylation sites is 1. The number of hydrogen-bond acceptors (Lipinski definition) is 3. The lowest BCUT2D eigenvalue weighted by Gasteiger charge is -2.10. The van der Waals surface area contributed by atoms with Crippen molar-refractivity contribution in [1.29, 1.82) is 0 Å². The van der Waals surface area contributed by atoms with Gasteiger partial charge in [0.05, 0.1) is 0 Å². The molecule has 1 atom stereocenters. The number of nitrogens with zero attached hydrogens (tertiary/aromatic N) is 2. The molecule has 5 heteroatoms. The summed E-state index contributed by atoms with van der Waals surface area (Å²) in [4.78, 5) is 0. The van der Waals surface area contributed by atoms with Gasteiger partial charge in [0.1, 0.15) is 5.75 Å². The fourth-order valence-electron chi connectivity index (χ4n) is 2.21. The number of nitrogens with one attached hydrogen (secondary N) is 1. The van der Waals surface area contributed by atoms with Crippen molar-refractivity contribution in [2.24, 2.45) is 0 Å². The van der Waals surface area contributed by atoms with Crippen molar-refractivity contribution in [3.8, 4) is 5.75 Å². The maximum atomic E-state index is 5.90. The molecule has 0 fully saturated rings. The van der Waals surface area contributed by atoms with Gasteiger partial charge in [-0.2, -0.15) is 5.10 Å². The lowest BCUT2D eigenvalue weighted by atomic mass is 10.1. The maximum absolute atomic E-state index is 5.90. The van der Waals surface area contributed by atoms with Crippen LogP contribution in [0.5, 0.6) is 5.75 Å². The third kappa shape index (κ3) is 1.67. The van der Waals surface area contributed by atoms with Gasteiger partial charge in [-0.1, -0.05) is 18.2 Å². The van der Waals surface area contributed by atoms with Crippen molar-refractivity contribution in [2.45, 2.75) is 26.0 Å². The molecule has 2 heterocycles. The molecular formula is C12H13N3OS. The minimum absolute atomic E-state index is 0.0275. The predicted molar refractivity (Wildman–Crippen MR) is 66.6 cm³/mol. The molecule has 1 unspecified atom stereocenters. The number of benzene rings is 1. The molecule has 0 bridgehead atoms. The average molecular weight is 247 g/mol. The zero-order valence-electron chi connectivity index (χ0n) is 9.51. The Kier molecular flexibility index (Phi) is 2.48. The van der Waals surface area contributed by atoms with Gasteiger partial charge in [-0.3, -0.25) is 5.10 Å². The van der Waals surface area contributed by atoms with Crippen LogP contribution in [0.1, 0.15) is 24.4 Å². The second kappa shape index (κ2) is 4.00. The normalized spacial score (nSPS) is 17.8. The third-order valence-electron chi connectivity index (χ3n) is 3.04. The Morgan fingerprint density at radius 2 is 2.35 bits per heavy atom. The molecule has 1 aliphatic heterocycles. The highest BCUT2D eigenvalue weighted by atomic mass is 32.1. The van der Waals surface area contributed by atoms with E-state index in [9.17, 15) is 0 Å². The minimum Gasteiger partial charge on any atom is -0.482 e. The lowest BCUT2D eigenvalue weighted by molar-refractivity contribution is 0.221. The highest BCUT2D eigenvalue weighted by Crippen LogP contribution is 2.35. The van der Waals surface area contributed by atoms with E-state index in [0.29, 0.717) is 4.77 Å². The number of hydrogen-bond donors (Lipinski definition) is 1. The van der Waals surface area contributed by atoms with Gasteiger partial charge in [0.25, 0.3) is 0 Å². The van der Waals surface area contributed by atoms with Crippen LogP contribution in [0.4, 0.5) is 0 Å². The molecule has 2 aromatic rings. The van der Waals surface area contributed by atoms with E-state index >= 15 is 0 Å². The first-order valence-electron chi connectivity index (χ1n) is 5.69. The van der Waals surface area contributed by atoms with Gasteiger partial charge < -0.3 is 9.30 Å². The Labute approximate surface area is 104 Å². The quantitative estimate of drug-likeness (QED) is 0.830. The summed E-state index contributed by atoms with van der Waals surface area (Å²) in [7, 11) is 0. The van der Waals surface area contributed by atoms with Crippen molar-refractivity contribution < 1.29 is 4.74 Å². The van der Waals surface area contributed by atoms with Crippen LogP contribution >= 0.6 is 12.2 Å². The van der Waals surface area contributed by atoms with Gasteiger partial charge in [0, 0.05) is 13.0 Å². The zero-order chi connectivity index (χ0) is 11.8. The molecule has 1 aromatic heterocycles. The molecule has 17 heavy (non-hydrogen) atoms. The fraction of sp³-hybridized carbons (Fsp3) is 0.333. The second-order valence-corrected chi connectivity index (χ2v) is 4.44. The predicted octanol–water partition coefficient (Wildman–Crippen LogP) is 2.64. The van der Waals surface area contributed by atoms with Gasteiger partial charge in [-0.05, 0) is 30.8 Å². The van der Waals surface area contributed by atoms with E-state index in [-0.39, 0.29) is 6.10 Å². The Bertz CT molecular complexity index is 577. The molecule has 1 aromatic carbocycles. The van der Waals surface area contributed by atoms with Crippen LogP contribution in [0.2, 0.25) is 0 Å². The summed E-state index contributed by atoms with van der Waals surface area (Å²) in [5.74, 6) is 1.84. The summed E-state index contributed by atoms with van der Waals surface area (Å²) in [5.41, 5.74) is 1.23. The lowest BCUT2D eigenvalue weighted by Crippen LogP contribution is -2.11. The van der Waals surface area contributed by atoms with Crippen LogP contribution in [0.25, 0.3) is 0 Å². The minimum atomic E-state index is -0.0275. The van der Waals surface area contributed by atoms with Gasteiger partial charge in [0.15, 0.2) is 16.7 Å². The summed E-state index contributed by atoms with van der Waals surface area (Å²) < 4.78 is 8.53. The highest BCUT2D eigenvalue weighted by molar-refractivity contribution is 7.71. The SMILES string of the molecule is CCn1c(C2Cc3ccccc3O2)n[nH]c1=S. The number of aromatic amines is 1. The van der Waals surface area contributed by atoms with Gasteiger partial charge >= 0.3 is 0 Å². The van der Waals surface area contributed by atoms with Crippen molar-refractivity contribution in [2.75, 3.05) is 0 Å². The molecule has 1 N–H and O–H groups in total. The maximum Gasteiger partial charge on any atom is 0.195 e. The number of ether oxygens (including phenoxy) is 1. The van der Waals surface area contributed by atoms with E-state index in [1.807, 2.05) is 22.8 Å². The average Bonchev–Trinajstić information content (AvgIpc) is 2.91. The molecule has 0 saturated carbocycles. The Balaban J connectivity index is 1.96. The number of aromatic nitrogens is 3. The monoisotopic (exact) mass is 247 g/mol. The van der Waals surface area contributed by atoms with Gasteiger partial charge in [0.2, 0.25) is 0 Å². The number of fused-ring (bicyclic) bond motifs is 1. The van der Waals surface area contributed by atoms with Crippen molar-refractivity contribution in [1.82, 2.24) is 14.8 Å². The Hall–Kier alpha value is -1.62. The van der Waals surface area contributed by atoms with E-state index in [1.165, 1.54) is 5.56 Å². The summed E-state index contributed by atoms with van der Waals surface area (Å²) in [6, 6.07) is 8.10. The first-order valence-corrected chi connectivity index (χ1v) is 6.10. The fourth-order valence-corrected chi connectivity index (χ4v) is 2.48. The van der Waals surface area contributed by atoms with E-state index in [2.05, 4.69) is 23.2 Å². The summed E-state index contributed by atoms with van der Waals surface area (Å²) in [6.07, 6.45) is 0.829. The van der Waals surface area contributed by atoms with E-state index in [0.717, 1.165) is 24.5 Å². The van der Waals surface area contributed by atoms with Gasteiger partial charge in [-0.15, -0.1) is 0 Å². The largest absolute Gasteiger partial charge is 0.482 e. The Morgan fingerprint density at radius 3 is 3.12 bits per heavy atom. The highest BCUT2D eigenvalue weighted by Gasteiger charge is 2.27. The van der Waals surface area contributed by atoms with E-state index in [1.54, 1.807) is 0 Å². The van der Waals surface area contributed by atoms with Crippen LogP contribution in [0.15, 0.2) is 24.3 Å². The van der Waals surface area contributed by atoms with Crippen molar-refractivity contribution >= 4 is 12.2 Å². The van der Waals surface area contributed by atoms with Crippen LogP contribution in [0.3, 0.4) is 0 Å². The standard InChI is InChI=1S/C12H13N3OS/c1-2-15-11(13-14-12(15)17)10-7-8-5-3-4-6-9(8)16-10/h3-6,10H,2,7H2,1H3,(H,14,17). The molecule has 1 aliphatic rings. The van der Waals surface area contributed by atoms with Crippen molar-refractivity contribution in [3.05, 3.63) is 40.4 Å². The molecule has 0 aliphatic carbocycles. The second-order valence-electron chi connectivity index (χ2n) is 4.05. The molecule has 3 rings (SSSR count). The molecule has 88 valence electrons. The molecule has 4 nitrogen and oxygen atoms in total. The molecule has 0 saturated heterocycles. The van der Waals surface area contributed by atoms with Crippen LogP contribution in [0, 0.1) is 4.77 Å². The zero-order valence-corrected chi connectivity index (χ0v) is 10.3. The topological polar surface area (TPSA) is 42.8 Å². The number of H-pyrrole nitrogens is 1. The van der Waals surface area contributed by atoms with E-state index in [4.69, 9.17) is 17.0 Å². The summed E-state index contributed by atoms with van der Waals surface area (Å²) >= 11 is 5.18. The smallest absolute Gasteiger partial charge is 0.195 e. The van der Waals surface area contributed by atoms with Crippen LogP contribution in [-0.4, -0.2) is 14.8 Å². The van der Waals surface area contributed by atoms with Crippen molar-refractivity contribution in [3.63, 3.8) is 0 Å². The number of rotatable bonds is 2. The first kappa shape index (κ1) is 10.5. The van der Waals surface area contributed by atoms with E-state index < -0.39 is 0 Å². The first-order chi connectivity index (χ1) is 8.29. The molecule has 0 amide bonds. The Morgan fingerprint density at radius 1 is 1.53 bits per heavy atom. The van der Waals surface area contributed by atoms with Gasteiger partial charge in [-0.25, -0.2) is 0 Å². The summed E-state index contributed by atoms with van der Waals surface area (Å²) in [6.45, 7) is 2.86.